The van der Waals surface area contributed by atoms with Gasteiger partial charge >= 0.3 is 0 Å². The maximum Gasteiger partial charge on any atom is 0.258 e. The number of halogens is 4. The summed E-state index contributed by atoms with van der Waals surface area (Å²) in [5.74, 6) is -1.22. The Morgan fingerprint density at radius 1 is 1.32 bits per heavy atom. The molecule has 0 unspecified atom stereocenters. The molecule has 0 saturated carbocycles. The van der Waals surface area contributed by atoms with Crippen LogP contribution in [0.4, 0.5) is 10.1 Å². The molecule has 0 aliphatic carbocycles. The van der Waals surface area contributed by atoms with E-state index in [1.165, 1.54) is 0 Å². The highest BCUT2D eigenvalue weighted by Crippen LogP contribution is 2.26. The first-order chi connectivity index (χ1) is 8.97. The van der Waals surface area contributed by atoms with E-state index in [-0.39, 0.29) is 10.7 Å². The molecule has 1 N–H and O–H groups in total. The summed E-state index contributed by atoms with van der Waals surface area (Å²) in [6.45, 7) is 0. The molecule has 0 radical (unpaired) electrons. The first-order valence-corrected chi connectivity index (χ1v) is 6.59. The van der Waals surface area contributed by atoms with E-state index in [9.17, 15) is 9.18 Å². The van der Waals surface area contributed by atoms with Gasteiger partial charge in [0.2, 0.25) is 0 Å². The van der Waals surface area contributed by atoms with Crippen molar-refractivity contribution in [3.05, 3.63) is 56.5 Å². The lowest BCUT2D eigenvalue weighted by Crippen LogP contribution is -2.13. The van der Waals surface area contributed by atoms with Gasteiger partial charge in [0.15, 0.2) is 0 Å². The van der Waals surface area contributed by atoms with Crippen LogP contribution in [-0.2, 0) is 0 Å². The molecule has 0 fully saturated rings. The van der Waals surface area contributed by atoms with E-state index < -0.39 is 11.7 Å². The summed E-state index contributed by atoms with van der Waals surface area (Å²) >= 11 is 15.0. The molecule has 1 heterocycles. The van der Waals surface area contributed by atoms with Gasteiger partial charge in [-0.15, -0.1) is 0 Å². The second-order valence-electron chi connectivity index (χ2n) is 3.57. The summed E-state index contributed by atoms with van der Waals surface area (Å²) in [7, 11) is 0. The Labute approximate surface area is 126 Å². The van der Waals surface area contributed by atoms with Crippen molar-refractivity contribution in [2.75, 3.05) is 5.32 Å². The normalized spacial score (nSPS) is 10.3. The van der Waals surface area contributed by atoms with Crippen molar-refractivity contribution in [3.8, 4) is 0 Å². The lowest BCUT2D eigenvalue weighted by atomic mass is 10.2. The zero-order valence-electron chi connectivity index (χ0n) is 9.25. The maximum atomic E-state index is 13.0. The van der Waals surface area contributed by atoms with Crippen molar-refractivity contribution < 1.29 is 9.18 Å². The molecule has 1 aromatic carbocycles. The number of nitrogens with zero attached hydrogens (tertiary/aromatic N) is 1. The van der Waals surface area contributed by atoms with Gasteiger partial charge in [0.05, 0.1) is 22.5 Å². The first kappa shape index (κ1) is 14.2. The molecule has 0 saturated heterocycles. The average molecular weight is 364 g/mol. The Morgan fingerprint density at radius 3 is 2.74 bits per heavy atom. The SMILES string of the molecule is O=C(Nc1ccc(Br)cc1Cl)c1cc(F)cnc1Cl. The van der Waals surface area contributed by atoms with Gasteiger partial charge in [0.25, 0.3) is 5.91 Å². The smallest absolute Gasteiger partial charge is 0.258 e. The van der Waals surface area contributed by atoms with Crippen molar-refractivity contribution in [3.63, 3.8) is 0 Å². The summed E-state index contributed by atoms with van der Waals surface area (Å²) in [6.07, 6.45) is 0.936. The topological polar surface area (TPSA) is 42.0 Å². The Kier molecular flexibility index (Phi) is 4.39. The highest BCUT2D eigenvalue weighted by atomic mass is 79.9. The zero-order chi connectivity index (χ0) is 14.0. The molecule has 7 heteroatoms. The summed E-state index contributed by atoms with van der Waals surface area (Å²) in [5, 5.41) is 2.81. The number of aromatic nitrogens is 1. The second kappa shape index (κ2) is 5.86. The summed E-state index contributed by atoms with van der Waals surface area (Å²) in [5.41, 5.74) is 0.343. The lowest BCUT2D eigenvalue weighted by Gasteiger charge is -2.08. The quantitative estimate of drug-likeness (QED) is 0.795. The predicted molar refractivity (Wildman–Crippen MR) is 76.3 cm³/mol. The molecule has 1 aromatic heterocycles. The number of rotatable bonds is 2. The number of nitrogens with one attached hydrogen (secondary N) is 1. The van der Waals surface area contributed by atoms with Gasteiger partial charge in [-0.3, -0.25) is 4.79 Å². The number of amides is 1. The minimum absolute atomic E-state index is 0.0550. The van der Waals surface area contributed by atoms with Gasteiger partial charge in [0.1, 0.15) is 11.0 Å². The Balaban J connectivity index is 2.28. The minimum atomic E-state index is -0.642. The van der Waals surface area contributed by atoms with Crippen LogP contribution >= 0.6 is 39.1 Å². The molecule has 0 aliphatic heterocycles. The van der Waals surface area contributed by atoms with Gasteiger partial charge < -0.3 is 5.32 Å². The second-order valence-corrected chi connectivity index (χ2v) is 5.25. The molecule has 2 aromatic rings. The van der Waals surface area contributed by atoms with E-state index in [0.717, 1.165) is 16.7 Å². The molecule has 19 heavy (non-hydrogen) atoms. The van der Waals surface area contributed by atoms with E-state index in [0.29, 0.717) is 10.7 Å². The molecular weight excluding hydrogens is 358 g/mol. The van der Waals surface area contributed by atoms with Crippen LogP contribution in [0.2, 0.25) is 10.2 Å². The minimum Gasteiger partial charge on any atom is -0.321 e. The van der Waals surface area contributed by atoms with Crippen LogP contribution in [0.5, 0.6) is 0 Å². The van der Waals surface area contributed by atoms with Gasteiger partial charge in [-0.1, -0.05) is 39.1 Å². The van der Waals surface area contributed by atoms with Crippen molar-refractivity contribution in [2.24, 2.45) is 0 Å². The third kappa shape index (κ3) is 3.43. The fraction of sp³-hybridized carbons (Fsp3) is 0. The number of benzene rings is 1. The number of anilines is 1. The summed E-state index contributed by atoms with van der Waals surface area (Å²) in [4.78, 5) is 15.5. The average Bonchev–Trinajstić information content (AvgIpc) is 2.35. The van der Waals surface area contributed by atoms with Crippen molar-refractivity contribution in [2.45, 2.75) is 0 Å². The zero-order valence-corrected chi connectivity index (χ0v) is 12.4. The van der Waals surface area contributed by atoms with Crippen LogP contribution in [0.1, 0.15) is 10.4 Å². The molecule has 0 atom stereocenters. The first-order valence-electron chi connectivity index (χ1n) is 5.05. The summed E-state index contributed by atoms with van der Waals surface area (Å²) in [6, 6.07) is 5.97. The van der Waals surface area contributed by atoms with E-state index in [1.807, 2.05) is 0 Å². The molecular formula is C12H6BrCl2FN2O. The van der Waals surface area contributed by atoms with Crippen LogP contribution in [0.25, 0.3) is 0 Å². The Bertz CT molecular complexity index is 652. The third-order valence-electron chi connectivity index (χ3n) is 2.23. The van der Waals surface area contributed by atoms with Crippen LogP contribution in [0.3, 0.4) is 0 Å². The fourth-order valence-corrected chi connectivity index (χ4v) is 2.27. The highest BCUT2D eigenvalue weighted by Gasteiger charge is 2.14. The predicted octanol–water partition coefficient (Wildman–Crippen LogP) is 4.54. The highest BCUT2D eigenvalue weighted by molar-refractivity contribution is 9.10. The monoisotopic (exact) mass is 362 g/mol. The largest absolute Gasteiger partial charge is 0.321 e. The lowest BCUT2D eigenvalue weighted by molar-refractivity contribution is 0.102. The van der Waals surface area contributed by atoms with Crippen LogP contribution in [-0.4, -0.2) is 10.9 Å². The van der Waals surface area contributed by atoms with Crippen LogP contribution < -0.4 is 5.32 Å². The number of carbonyl (C=O) groups excluding carboxylic acids is 1. The summed E-state index contributed by atoms with van der Waals surface area (Å²) < 4.78 is 13.8. The number of carbonyl (C=O) groups is 1. The van der Waals surface area contributed by atoms with Crippen molar-refractivity contribution in [1.82, 2.24) is 4.98 Å². The van der Waals surface area contributed by atoms with Crippen LogP contribution in [0, 0.1) is 5.82 Å². The molecule has 0 spiro atoms. The van der Waals surface area contributed by atoms with Gasteiger partial charge in [0, 0.05) is 4.47 Å². The number of hydrogen-bond donors (Lipinski definition) is 1. The van der Waals surface area contributed by atoms with Crippen molar-refractivity contribution >= 4 is 50.7 Å². The molecule has 2 rings (SSSR count). The maximum absolute atomic E-state index is 13.0. The van der Waals surface area contributed by atoms with Gasteiger partial charge in [-0.2, -0.15) is 0 Å². The number of pyridine rings is 1. The number of hydrogen-bond acceptors (Lipinski definition) is 2. The van der Waals surface area contributed by atoms with E-state index >= 15 is 0 Å². The Morgan fingerprint density at radius 2 is 2.05 bits per heavy atom. The van der Waals surface area contributed by atoms with Crippen LogP contribution in [0.15, 0.2) is 34.9 Å². The van der Waals surface area contributed by atoms with E-state index in [1.54, 1.807) is 18.2 Å². The van der Waals surface area contributed by atoms with Gasteiger partial charge in [-0.05, 0) is 24.3 Å². The van der Waals surface area contributed by atoms with Gasteiger partial charge in [-0.25, -0.2) is 9.37 Å². The fourth-order valence-electron chi connectivity index (χ4n) is 1.36. The third-order valence-corrected chi connectivity index (χ3v) is 3.34. The molecule has 1 amide bonds. The Hall–Kier alpha value is -1.17. The standard InChI is InChI=1S/C12H6BrCl2FN2O/c13-6-1-2-10(9(14)3-6)18-12(19)8-4-7(16)5-17-11(8)15/h1-5H,(H,18,19). The molecule has 3 nitrogen and oxygen atoms in total. The van der Waals surface area contributed by atoms with Crippen molar-refractivity contribution in [1.29, 1.82) is 0 Å². The molecule has 98 valence electrons. The van der Waals surface area contributed by atoms with E-state index in [4.69, 9.17) is 23.2 Å². The molecule has 0 aliphatic rings. The molecule has 0 bridgehead atoms. The van der Waals surface area contributed by atoms with E-state index in [2.05, 4.69) is 26.2 Å².